The lowest BCUT2D eigenvalue weighted by atomic mass is 10.3. The zero-order valence-corrected chi connectivity index (χ0v) is 9.11. The minimum Gasteiger partial charge on any atom is -0.468 e. The van der Waals surface area contributed by atoms with Gasteiger partial charge in [0.05, 0.1) is 16.1 Å². The van der Waals surface area contributed by atoms with Gasteiger partial charge in [-0.15, -0.1) is 0 Å². The molecule has 0 bridgehead atoms. The Morgan fingerprint density at radius 3 is 3.12 bits per heavy atom. The lowest BCUT2D eigenvalue weighted by Gasteiger charge is -2.11. The number of nitrogens with zero attached hydrogens (tertiary/aromatic N) is 2. The summed E-state index contributed by atoms with van der Waals surface area (Å²) in [6.45, 7) is 1.54. The standard InChI is InChI=1S/C9H10ClN3O3/c10-6-3-8(13(14)15)9(12-4-6)16-7-1-2-11-5-7/h3-4,7,11H,1-2,5H2. The van der Waals surface area contributed by atoms with Crippen molar-refractivity contribution in [3.8, 4) is 5.88 Å². The van der Waals surface area contributed by atoms with Crippen molar-refractivity contribution < 1.29 is 9.66 Å². The zero-order chi connectivity index (χ0) is 11.5. The molecule has 1 aliphatic rings. The van der Waals surface area contributed by atoms with Crippen molar-refractivity contribution in [1.29, 1.82) is 0 Å². The smallest absolute Gasteiger partial charge is 0.332 e. The van der Waals surface area contributed by atoms with E-state index in [4.69, 9.17) is 16.3 Å². The molecule has 1 N–H and O–H groups in total. The van der Waals surface area contributed by atoms with E-state index < -0.39 is 4.92 Å². The van der Waals surface area contributed by atoms with Gasteiger partial charge in [0.2, 0.25) is 0 Å². The molecule has 1 aliphatic heterocycles. The molecule has 1 unspecified atom stereocenters. The van der Waals surface area contributed by atoms with Crippen LogP contribution in [0.5, 0.6) is 5.88 Å². The van der Waals surface area contributed by atoms with Crippen LogP contribution in [0, 0.1) is 10.1 Å². The highest BCUT2D eigenvalue weighted by atomic mass is 35.5. The Kier molecular flexibility index (Phi) is 3.21. The van der Waals surface area contributed by atoms with Gasteiger partial charge in [0.25, 0.3) is 5.88 Å². The number of hydrogen-bond donors (Lipinski definition) is 1. The number of nitro groups is 1. The number of rotatable bonds is 3. The summed E-state index contributed by atoms with van der Waals surface area (Å²) in [7, 11) is 0. The molecule has 1 atom stereocenters. The Balaban J connectivity index is 2.21. The third-order valence-electron chi connectivity index (χ3n) is 2.29. The average Bonchev–Trinajstić information content (AvgIpc) is 2.73. The highest BCUT2D eigenvalue weighted by Gasteiger charge is 2.23. The van der Waals surface area contributed by atoms with E-state index in [1.807, 2.05) is 0 Å². The van der Waals surface area contributed by atoms with Crippen molar-refractivity contribution in [2.75, 3.05) is 13.1 Å². The molecule has 1 fully saturated rings. The summed E-state index contributed by atoms with van der Waals surface area (Å²) in [4.78, 5) is 14.1. The van der Waals surface area contributed by atoms with Gasteiger partial charge >= 0.3 is 5.69 Å². The Morgan fingerprint density at radius 2 is 2.50 bits per heavy atom. The lowest BCUT2D eigenvalue weighted by molar-refractivity contribution is -0.386. The van der Waals surface area contributed by atoms with Crippen LogP contribution < -0.4 is 10.1 Å². The second-order valence-corrected chi connectivity index (χ2v) is 3.90. The Hall–Kier alpha value is -1.40. The summed E-state index contributed by atoms with van der Waals surface area (Å²) in [5.74, 6) is 0.0306. The topological polar surface area (TPSA) is 77.3 Å². The molecule has 6 nitrogen and oxygen atoms in total. The third kappa shape index (κ3) is 2.40. The first-order valence-corrected chi connectivity index (χ1v) is 5.22. The van der Waals surface area contributed by atoms with E-state index in [9.17, 15) is 10.1 Å². The van der Waals surface area contributed by atoms with Crippen LogP contribution in [0.2, 0.25) is 5.02 Å². The van der Waals surface area contributed by atoms with Crippen LogP contribution in [-0.2, 0) is 0 Å². The van der Waals surface area contributed by atoms with Gasteiger partial charge in [-0.3, -0.25) is 10.1 Å². The lowest BCUT2D eigenvalue weighted by Crippen LogP contribution is -2.20. The summed E-state index contributed by atoms with van der Waals surface area (Å²) < 4.78 is 5.45. The predicted molar refractivity (Wildman–Crippen MR) is 57.8 cm³/mol. The van der Waals surface area contributed by atoms with Gasteiger partial charge in [0.1, 0.15) is 6.10 Å². The average molecular weight is 244 g/mol. The number of nitrogens with one attached hydrogen (secondary N) is 1. The van der Waals surface area contributed by atoms with Gasteiger partial charge in [0.15, 0.2) is 0 Å². The normalized spacial score (nSPS) is 19.7. The molecule has 0 aliphatic carbocycles. The second kappa shape index (κ2) is 4.63. The van der Waals surface area contributed by atoms with Crippen molar-refractivity contribution in [3.63, 3.8) is 0 Å². The summed E-state index contributed by atoms with van der Waals surface area (Å²) in [6, 6.07) is 1.24. The maximum absolute atomic E-state index is 10.8. The van der Waals surface area contributed by atoms with Crippen LogP contribution in [0.15, 0.2) is 12.3 Å². The molecule has 0 saturated carbocycles. The molecule has 7 heteroatoms. The Bertz CT molecular complexity index is 407. The summed E-state index contributed by atoms with van der Waals surface area (Å²) >= 11 is 5.64. The van der Waals surface area contributed by atoms with E-state index in [0.717, 1.165) is 13.0 Å². The van der Waals surface area contributed by atoms with Gasteiger partial charge in [-0.05, 0) is 13.0 Å². The molecule has 0 radical (unpaired) electrons. The maximum atomic E-state index is 10.8. The van der Waals surface area contributed by atoms with Gasteiger partial charge in [-0.1, -0.05) is 11.6 Å². The third-order valence-corrected chi connectivity index (χ3v) is 2.50. The SMILES string of the molecule is O=[N+]([O-])c1cc(Cl)cnc1OC1CCNC1. The number of ether oxygens (including phenoxy) is 1. The van der Waals surface area contributed by atoms with Crippen LogP contribution >= 0.6 is 11.6 Å². The first-order valence-electron chi connectivity index (χ1n) is 4.84. The van der Waals surface area contributed by atoms with E-state index in [1.54, 1.807) is 0 Å². The van der Waals surface area contributed by atoms with E-state index in [0.29, 0.717) is 6.54 Å². The molecule has 86 valence electrons. The summed E-state index contributed by atoms with van der Waals surface area (Å²) in [5.41, 5.74) is -0.195. The van der Waals surface area contributed by atoms with Gasteiger partial charge in [-0.2, -0.15) is 0 Å². The molecular weight excluding hydrogens is 234 g/mol. The quantitative estimate of drug-likeness (QED) is 0.641. The van der Waals surface area contributed by atoms with Gasteiger partial charge in [0, 0.05) is 12.6 Å². The molecule has 0 spiro atoms. The van der Waals surface area contributed by atoms with E-state index in [2.05, 4.69) is 10.3 Å². The molecule has 0 aromatic carbocycles. The fourth-order valence-electron chi connectivity index (χ4n) is 1.52. The summed E-state index contributed by atoms with van der Waals surface area (Å²) in [5, 5.41) is 14.1. The van der Waals surface area contributed by atoms with Crippen LogP contribution in [0.25, 0.3) is 0 Å². The van der Waals surface area contributed by atoms with Gasteiger partial charge < -0.3 is 10.1 Å². The largest absolute Gasteiger partial charge is 0.468 e. The fraction of sp³-hybridized carbons (Fsp3) is 0.444. The molecule has 1 aromatic rings. The Morgan fingerprint density at radius 1 is 1.69 bits per heavy atom. The van der Waals surface area contributed by atoms with Crippen LogP contribution in [0.1, 0.15) is 6.42 Å². The second-order valence-electron chi connectivity index (χ2n) is 3.47. The molecule has 16 heavy (non-hydrogen) atoms. The molecule has 1 aromatic heterocycles. The molecule has 2 heterocycles. The van der Waals surface area contributed by atoms with Crippen LogP contribution in [0.4, 0.5) is 5.69 Å². The van der Waals surface area contributed by atoms with Gasteiger partial charge in [-0.25, -0.2) is 4.98 Å². The number of hydrogen-bond acceptors (Lipinski definition) is 5. The fourth-order valence-corrected chi connectivity index (χ4v) is 1.68. The van der Waals surface area contributed by atoms with E-state index in [-0.39, 0.29) is 22.7 Å². The molecule has 1 saturated heterocycles. The van der Waals surface area contributed by atoms with Crippen molar-refractivity contribution in [1.82, 2.24) is 10.3 Å². The summed E-state index contributed by atoms with van der Waals surface area (Å²) in [6.07, 6.45) is 2.10. The first kappa shape index (κ1) is 11.1. The van der Waals surface area contributed by atoms with Crippen LogP contribution in [0.3, 0.4) is 0 Å². The number of aromatic nitrogens is 1. The zero-order valence-electron chi connectivity index (χ0n) is 8.35. The number of pyridine rings is 1. The first-order chi connectivity index (χ1) is 7.66. The minimum absolute atomic E-state index is 0.0306. The molecule has 2 rings (SSSR count). The predicted octanol–water partition coefficient (Wildman–Crippen LogP) is 1.38. The van der Waals surface area contributed by atoms with E-state index in [1.165, 1.54) is 12.3 Å². The Labute approximate surface area is 96.7 Å². The highest BCUT2D eigenvalue weighted by molar-refractivity contribution is 6.30. The maximum Gasteiger partial charge on any atom is 0.332 e. The molecule has 0 amide bonds. The van der Waals surface area contributed by atoms with E-state index >= 15 is 0 Å². The molecular formula is C9H10ClN3O3. The monoisotopic (exact) mass is 243 g/mol. The highest BCUT2D eigenvalue weighted by Crippen LogP contribution is 2.28. The van der Waals surface area contributed by atoms with Crippen molar-refractivity contribution in [3.05, 3.63) is 27.4 Å². The van der Waals surface area contributed by atoms with Crippen molar-refractivity contribution in [2.24, 2.45) is 0 Å². The van der Waals surface area contributed by atoms with Crippen molar-refractivity contribution >= 4 is 17.3 Å². The van der Waals surface area contributed by atoms with Crippen LogP contribution in [-0.4, -0.2) is 29.1 Å². The minimum atomic E-state index is -0.545. The number of halogens is 1. The van der Waals surface area contributed by atoms with Crippen molar-refractivity contribution in [2.45, 2.75) is 12.5 Å².